The number of halogens is 2. The van der Waals surface area contributed by atoms with Crippen molar-refractivity contribution in [1.82, 2.24) is 0 Å². The summed E-state index contributed by atoms with van der Waals surface area (Å²) in [7, 11) is 1.25. The third-order valence-corrected chi connectivity index (χ3v) is 6.17. The first-order chi connectivity index (χ1) is 15.4. The van der Waals surface area contributed by atoms with E-state index < -0.39 is 0 Å². The van der Waals surface area contributed by atoms with Crippen LogP contribution in [0.25, 0.3) is 0 Å². The fourth-order valence-electron chi connectivity index (χ4n) is 4.48. The predicted molar refractivity (Wildman–Crippen MR) is 140 cm³/mol. The number of hydrogen-bond acceptors (Lipinski definition) is 3. The Morgan fingerprint density at radius 2 is 1.50 bits per heavy atom. The van der Waals surface area contributed by atoms with Gasteiger partial charge in [0.25, 0.3) is 0 Å². The van der Waals surface area contributed by atoms with Gasteiger partial charge in [-0.3, -0.25) is 0 Å². The Morgan fingerprint density at radius 3 is 2.03 bits per heavy atom. The molecular formula is C26H32Br2N2NiO. The van der Waals surface area contributed by atoms with E-state index in [9.17, 15) is 0 Å². The number of ether oxygens (including phenoxy) is 1. The van der Waals surface area contributed by atoms with Crippen molar-refractivity contribution in [3.8, 4) is 0 Å². The van der Waals surface area contributed by atoms with Crippen LogP contribution in [-0.2, 0) is 15.6 Å². The van der Waals surface area contributed by atoms with Crippen LogP contribution in [0, 0.1) is 0 Å². The van der Waals surface area contributed by atoms with Crippen LogP contribution in [0.1, 0.15) is 81.9 Å². The molecule has 0 N–H and O–H groups in total. The maximum absolute atomic E-state index is 6.20. The number of rotatable bonds is 5. The normalized spacial score (nSPS) is 17.5. The molecule has 2 aromatic rings. The number of nitrogens with zero attached hydrogens (tertiary/aromatic N) is 2. The summed E-state index contributed by atoms with van der Waals surface area (Å²) in [5.41, 5.74) is 5.54. The van der Waals surface area contributed by atoms with E-state index in [2.05, 4.69) is 98.6 Å². The zero-order valence-electron chi connectivity index (χ0n) is 19.2. The van der Waals surface area contributed by atoms with E-state index in [1.165, 1.54) is 34.9 Å². The van der Waals surface area contributed by atoms with Crippen molar-refractivity contribution in [3.05, 3.63) is 65.2 Å². The molecule has 0 unspecified atom stereocenters. The standard InChI is InChI=1S/C26H32N2O.2BrH.Ni/c1-18(2)21-13-10-14-22(19(3)4)24(21)27-23(20-11-6-5-7-12-20)25-28-26(17-29-25)15-8-9-16-26;;;/h5-7,10-14,18-19H,8-9,15-17H2,1-4H3;2*1H;/q;;;+2/p-2. The van der Waals surface area contributed by atoms with Crippen molar-refractivity contribution >= 4 is 45.7 Å². The van der Waals surface area contributed by atoms with Gasteiger partial charge in [-0.1, -0.05) is 89.1 Å². The molecule has 0 aromatic heterocycles. The Kier molecular flexibility index (Phi) is 9.58. The van der Waals surface area contributed by atoms with E-state index in [-0.39, 0.29) is 5.54 Å². The van der Waals surface area contributed by atoms with Crippen molar-refractivity contribution in [3.63, 3.8) is 0 Å². The van der Waals surface area contributed by atoms with Crippen LogP contribution < -0.4 is 0 Å². The van der Waals surface area contributed by atoms with Crippen molar-refractivity contribution in [2.75, 3.05) is 6.61 Å². The van der Waals surface area contributed by atoms with Gasteiger partial charge in [0.1, 0.15) is 12.3 Å². The van der Waals surface area contributed by atoms with Crippen LogP contribution >= 0.6 is 28.5 Å². The first-order valence-electron chi connectivity index (χ1n) is 11.2. The van der Waals surface area contributed by atoms with Gasteiger partial charge >= 0.3 is 39.3 Å². The van der Waals surface area contributed by atoms with Crippen LogP contribution in [0.2, 0.25) is 0 Å². The van der Waals surface area contributed by atoms with E-state index in [1.807, 2.05) is 6.07 Å². The van der Waals surface area contributed by atoms with E-state index in [0.29, 0.717) is 24.3 Å². The van der Waals surface area contributed by atoms with Crippen molar-refractivity contribution in [2.24, 2.45) is 9.98 Å². The summed E-state index contributed by atoms with van der Waals surface area (Å²) in [6, 6.07) is 16.9. The third-order valence-electron chi connectivity index (χ3n) is 6.17. The second kappa shape index (κ2) is 11.9. The van der Waals surface area contributed by atoms with Gasteiger partial charge < -0.3 is 4.74 Å². The zero-order chi connectivity index (χ0) is 23.1. The molecule has 32 heavy (non-hydrogen) atoms. The van der Waals surface area contributed by atoms with Gasteiger partial charge in [0.2, 0.25) is 5.90 Å². The molecule has 0 atom stereocenters. The first kappa shape index (κ1) is 25.7. The fourth-order valence-corrected chi connectivity index (χ4v) is 4.48. The van der Waals surface area contributed by atoms with E-state index in [0.717, 1.165) is 29.8 Å². The quantitative estimate of drug-likeness (QED) is 0.248. The molecular weight excluding hydrogens is 575 g/mol. The first-order valence-corrected chi connectivity index (χ1v) is 16.1. The van der Waals surface area contributed by atoms with Gasteiger partial charge in [0.15, 0.2) is 0 Å². The molecule has 2 aliphatic rings. The molecule has 1 fully saturated rings. The fraction of sp³-hybridized carbons (Fsp3) is 0.462. The molecule has 0 saturated heterocycles. The van der Waals surface area contributed by atoms with Gasteiger partial charge in [-0.2, -0.15) is 0 Å². The maximum atomic E-state index is 6.20. The van der Waals surface area contributed by atoms with Crippen LogP contribution in [-0.4, -0.2) is 23.8 Å². The second-order valence-corrected chi connectivity index (χ2v) is 14.1. The Labute approximate surface area is 212 Å². The summed E-state index contributed by atoms with van der Waals surface area (Å²) < 4.78 is 6.20. The molecule has 1 saturated carbocycles. The van der Waals surface area contributed by atoms with Crippen LogP contribution in [0.4, 0.5) is 5.69 Å². The molecule has 0 amide bonds. The van der Waals surface area contributed by atoms with Gasteiger partial charge in [0.05, 0.1) is 11.2 Å². The van der Waals surface area contributed by atoms with Crippen molar-refractivity contribution in [2.45, 2.75) is 70.8 Å². The molecule has 0 bridgehead atoms. The second-order valence-electron chi connectivity index (χ2n) is 9.10. The topological polar surface area (TPSA) is 34.0 Å². The number of hydrogen-bond donors (Lipinski definition) is 0. The average Bonchev–Trinajstić information content (AvgIpc) is 3.42. The zero-order valence-corrected chi connectivity index (χ0v) is 23.3. The number of benzene rings is 2. The Morgan fingerprint density at radius 1 is 0.938 bits per heavy atom. The van der Waals surface area contributed by atoms with Crippen LogP contribution in [0.5, 0.6) is 0 Å². The van der Waals surface area contributed by atoms with Gasteiger partial charge in [0, 0.05) is 5.56 Å². The SMILES string of the molecule is CC(C)c1cccc(C(C)C)c1N=C(C1=NC2(CCCC2)CO1)c1ccccc1.[Br][Ni][Br]. The third kappa shape index (κ3) is 6.13. The van der Waals surface area contributed by atoms with Crippen molar-refractivity contribution in [1.29, 1.82) is 0 Å². The van der Waals surface area contributed by atoms with E-state index in [1.54, 1.807) is 0 Å². The van der Waals surface area contributed by atoms with Crippen molar-refractivity contribution < 1.29 is 15.6 Å². The minimum atomic E-state index is -0.0245. The van der Waals surface area contributed by atoms with Gasteiger partial charge in [-0.15, -0.1) is 0 Å². The number of para-hydroxylation sites is 1. The summed E-state index contributed by atoms with van der Waals surface area (Å²) in [5, 5.41) is 0. The molecule has 6 heteroatoms. The summed E-state index contributed by atoms with van der Waals surface area (Å²) >= 11 is 6.00. The molecule has 0 radical (unpaired) electrons. The molecule has 1 spiro atoms. The monoisotopic (exact) mass is 604 g/mol. The molecule has 1 aliphatic carbocycles. The Bertz CT molecular complexity index is 925. The summed E-state index contributed by atoms with van der Waals surface area (Å²) in [5.74, 6) is 1.51. The van der Waals surface area contributed by atoms with Gasteiger partial charge in [-0.05, 0) is 35.8 Å². The molecule has 1 heterocycles. The summed E-state index contributed by atoms with van der Waals surface area (Å²) in [6.07, 6.45) is 4.73. The Balaban J connectivity index is 0.000000913. The molecule has 1 aliphatic heterocycles. The minimum absolute atomic E-state index is 0.0245. The van der Waals surface area contributed by atoms with E-state index in [4.69, 9.17) is 14.7 Å². The van der Waals surface area contributed by atoms with Crippen LogP contribution in [0.15, 0.2) is 58.5 Å². The molecule has 3 nitrogen and oxygen atoms in total. The molecule has 2 aromatic carbocycles. The molecule has 4 rings (SSSR count). The summed E-state index contributed by atoms with van der Waals surface area (Å²) in [4.78, 5) is 10.4. The summed E-state index contributed by atoms with van der Waals surface area (Å²) in [6.45, 7) is 9.63. The Hall–Kier alpha value is -0.966. The molecule has 176 valence electrons. The van der Waals surface area contributed by atoms with Crippen LogP contribution in [0.3, 0.4) is 0 Å². The van der Waals surface area contributed by atoms with E-state index >= 15 is 0 Å². The number of aliphatic imine (C=N–C) groups is 2. The average molecular weight is 607 g/mol. The van der Waals surface area contributed by atoms with Gasteiger partial charge in [-0.25, -0.2) is 9.98 Å². The predicted octanol–water partition coefficient (Wildman–Crippen LogP) is 8.48.